The minimum Gasteiger partial charge on any atom is -0.308 e. The summed E-state index contributed by atoms with van der Waals surface area (Å²) in [6.07, 6.45) is 0. The molecule has 11 aromatic rings. The number of rotatable bonds is 8. The molecule has 0 aliphatic carbocycles. The van der Waals surface area contributed by atoms with Crippen molar-refractivity contribution in [2.24, 2.45) is 0 Å². The maximum atomic E-state index is 7.76. The lowest BCUT2D eigenvalue weighted by Crippen LogP contribution is -2.03. The van der Waals surface area contributed by atoms with Gasteiger partial charge in [-0.25, -0.2) is 29.6 Å². The van der Waals surface area contributed by atoms with E-state index in [1.165, 1.54) is 0 Å². The lowest BCUT2D eigenvalue weighted by molar-refractivity contribution is 1.13. The van der Waals surface area contributed by atoms with Crippen LogP contribution in [0.2, 0.25) is 0 Å². The van der Waals surface area contributed by atoms with Gasteiger partial charge >= 0.3 is 0 Å². The summed E-state index contributed by atoms with van der Waals surface area (Å²) in [6, 6.07) is 71.3. The molecule has 11 rings (SSSR count). The molecule has 0 unspecified atom stereocenters. The predicted molar refractivity (Wildman–Crippen MR) is 263 cm³/mol. The van der Waals surface area contributed by atoms with E-state index < -0.39 is 0 Å². The van der Waals surface area contributed by atoms with E-state index in [2.05, 4.69) is 130 Å². The Hall–Kier alpha value is -9.30. The number of nitrogens with zero attached hydrogens (tertiary/aromatic N) is 7. The largest absolute Gasteiger partial charge is 0.308 e. The van der Waals surface area contributed by atoms with Crippen molar-refractivity contribution < 1.29 is 0 Å². The highest BCUT2D eigenvalue weighted by atomic mass is 15.0. The molecule has 0 N–H and O–H groups in total. The van der Waals surface area contributed by atoms with Gasteiger partial charge in [-0.1, -0.05) is 170 Å². The Bertz CT molecular complexity index is 3520. The number of benzene rings is 8. The van der Waals surface area contributed by atoms with Gasteiger partial charge in [0.2, 0.25) is 0 Å². The number of fused-ring (bicyclic) bond motifs is 3. The molecule has 7 nitrogen and oxygen atoms in total. The highest BCUT2D eigenvalue weighted by Gasteiger charge is 2.22. The Balaban J connectivity index is 1.21. The van der Waals surface area contributed by atoms with E-state index in [-0.39, 0.29) is 0 Å². The third-order valence-electron chi connectivity index (χ3n) is 11.6. The molecule has 7 heteroatoms. The fourth-order valence-electron chi connectivity index (χ4n) is 8.52. The standard InChI is InChI=1S/C58H35N7/c1-59-45-31-44(32-46(35-45)60-2)42-27-29-48-47-25-15-16-26-54(47)65(56(48)34-42)55-30-28-43(57-61-50(38-17-7-3-8-18-38)36-51(62-57)39-19-9-4-10-20-39)33-49(55)58-63-52(40-21-11-5-12-22-40)37-53(64-58)41-23-13-6-14-24-41/h3-37H. The summed E-state index contributed by atoms with van der Waals surface area (Å²) in [4.78, 5) is 28.6. The van der Waals surface area contributed by atoms with E-state index in [1.807, 2.05) is 91.0 Å². The zero-order chi connectivity index (χ0) is 43.7. The molecule has 65 heavy (non-hydrogen) atoms. The van der Waals surface area contributed by atoms with Crippen molar-refractivity contribution in [1.29, 1.82) is 0 Å². The Morgan fingerprint density at radius 2 is 0.769 bits per heavy atom. The fourth-order valence-corrected chi connectivity index (χ4v) is 8.52. The van der Waals surface area contributed by atoms with Gasteiger partial charge in [-0.15, -0.1) is 0 Å². The molecule has 0 saturated carbocycles. The van der Waals surface area contributed by atoms with Crippen molar-refractivity contribution in [1.82, 2.24) is 24.5 Å². The van der Waals surface area contributed by atoms with E-state index in [4.69, 9.17) is 33.1 Å². The molecular formula is C58H35N7. The minimum absolute atomic E-state index is 0.422. The van der Waals surface area contributed by atoms with Gasteiger partial charge in [-0.05, 0) is 53.6 Å². The maximum Gasteiger partial charge on any atom is 0.177 e. The van der Waals surface area contributed by atoms with Crippen LogP contribution in [0.25, 0.3) is 116 Å². The second-order valence-electron chi connectivity index (χ2n) is 15.7. The van der Waals surface area contributed by atoms with Crippen LogP contribution >= 0.6 is 0 Å². The summed E-state index contributed by atoms with van der Waals surface area (Å²) < 4.78 is 2.28. The lowest BCUT2D eigenvalue weighted by atomic mass is 10.0. The van der Waals surface area contributed by atoms with Gasteiger partial charge in [0.05, 0.1) is 52.6 Å². The summed E-state index contributed by atoms with van der Waals surface area (Å²) in [5.74, 6) is 1.11. The van der Waals surface area contributed by atoms with E-state index in [1.54, 1.807) is 6.07 Å². The number of para-hydroxylation sites is 1. The number of hydrogen-bond acceptors (Lipinski definition) is 4. The van der Waals surface area contributed by atoms with Crippen LogP contribution in [0, 0.1) is 13.1 Å². The first-order valence-corrected chi connectivity index (χ1v) is 21.2. The first kappa shape index (κ1) is 38.6. The van der Waals surface area contributed by atoms with Crippen molar-refractivity contribution >= 4 is 33.2 Å². The van der Waals surface area contributed by atoms with Gasteiger partial charge in [0, 0.05) is 44.2 Å². The van der Waals surface area contributed by atoms with Gasteiger partial charge in [0.1, 0.15) is 0 Å². The molecule has 0 aliphatic rings. The van der Waals surface area contributed by atoms with Gasteiger partial charge in [-0.2, -0.15) is 0 Å². The summed E-state index contributed by atoms with van der Waals surface area (Å²) in [5, 5.41) is 2.14. The molecule has 0 radical (unpaired) electrons. The van der Waals surface area contributed by atoms with Crippen molar-refractivity contribution in [3.63, 3.8) is 0 Å². The van der Waals surface area contributed by atoms with Crippen molar-refractivity contribution in [3.8, 4) is 84.6 Å². The van der Waals surface area contributed by atoms with Gasteiger partial charge < -0.3 is 4.57 Å². The summed E-state index contributed by atoms with van der Waals surface area (Å²) in [5.41, 5.74) is 14.1. The first-order valence-electron chi connectivity index (χ1n) is 21.2. The van der Waals surface area contributed by atoms with E-state index in [0.29, 0.717) is 23.0 Å². The van der Waals surface area contributed by atoms with Crippen LogP contribution in [0.15, 0.2) is 212 Å². The maximum absolute atomic E-state index is 7.76. The lowest BCUT2D eigenvalue weighted by Gasteiger charge is -2.17. The van der Waals surface area contributed by atoms with Crippen molar-refractivity contribution in [2.45, 2.75) is 0 Å². The molecule has 0 spiro atoms. The molecule has 3 aromatic heterocycles. The topological polar surface area (TPSA) is 65.2 Å². The van der Waals surface area contributed by atoms with E-state index in [9.17, 15) is 0 Å². The van der Waals surface area contributed by atoms with E-state index >= 15 is 0 Å². The summed E-state index contributed by atoms with van der Waals surface area (Å²) in [6.45, 7) is 15.5. The zero-order valence-electron chi connectivity index (χ0n) is 34.8. The Labute approximate surface area is 375 Å². The summed E-state index contributed by atoms with van der Waals surface area (Å²) in [7, 11) is 0. The quantitative estimate of drug-likeness (QED) is 0.143. The molecule has 0 atom stereocenters. The highest BCUT2D eigenvalue weighted by molar-refractivity contribution is 6.11. The second-order valence-corrected chi connectivity index (χ2v) is 15.7. The Morgan fingerprint density at radius 3 is 1.28 bits per heavy atom. The van der Waals surface area contributed by atoms with Crippen LogP contribution in [0.1, 0.15) is 0 Å². The molecule has 0 amide bonds. The first-order chi connectivity index (χ1) is 32.1. The van der Waals surface area contributed by atoms with E-state index in [0.717, 1.165) is 94.8 Å². The van der Waals surface area contributed by atoms with Crippen LogP contribution < -0.4 is 0 Å². The third-order valence-corrected chi connectivity index (χ3v) is 11.6. The second kappa shape index (κ2) is 16.5. The third kappa shape index (κ3) is 7.36. The smallest absolute Gasteiger partial charge is 0.177 e. The van der Waals surface area contributed by atoms with Gasteiger partial charge in [0.25, 0.3) is 0 Å². The highest BCUT2D eigenvalue weighted by Crippen LogP contribution is 2.41. The molecule has 0 bridgehead atoms. The van der Waals surface area contributed by atoms with Crippen LogP contribution in [-0.4, -0.2) is 24.5 Å². The van der Waals surface area contributed by atoms with Crippen molar-refractivity contribution in [3.05, 3.63) is 235 Å². The average molecular weight is 830 g/mol. The van der Waals surface area contributed by atoms with Crippen LogP contribution in [-0.2, 0) is 0 Å². The molecular weight excluding hydrogens is 795 g/mol. The molecule has 8 aromatic carbocycles. The molecule has 0 fully saturated rings. The Morgan fingerprint density at radius 1 is 0.323 bits per heavy atom. The predicted octanol–water partition coefficient (Wildman–Crippen LogP) is 15.1. The monoisotopic (exact) mass is 829 g/mol. The fraction of sp³-hybridized carbons (Fsp3) is 0. The number of hydrogen-bond donors (Lipinski definition) is 0. The van der Waals surface area contributed by atoms with Gasteiger partial charge in [-0.3, -0.25) is 0 Å². The molecule has 3 heterocycles. The van der Waals surface area contributed by atoms with Crippen LogP contribution in [0.4, 0.5) is 11.4 Å². The van der Waals surface area contributed by atoms with Gasteiger partial charge in [0.15, 0.2) is 23.0 Å². The Kier molecular flexibility index (Phi) is 9.82. The normalized spacial score (nSPS) is 11.0. The molecule has 0 saturated heterocycles. The minimum atomic E-state index is 0.422. The number of aromatic nitrogens is 5. The zero-order valence-corrected chi connectivity index (χ0v) is 34.8. The van der Waals surface area contributed by atoms with Crippen LogP contribution in [0.5, 0.6) is 0 Å². The van der Waals surface area contributed by atoms with Crippen LogP contribution in [0.3, 0.4) is 0 Å². The summed E-state index contributed by atoms with van der Waals surface area (Å²) >= 11 is 0. The average Bonchev–Trinajstić information content (AvgIpc) is 3.72. The van der Waals surface area contributed by atoms with Crippen molar-refractivity contribution in [2.75, 3.05) is 0 Å². The SMILES string of the molecule is [C-]#[N+]c1cc([N+]#[C-])cc(-c2ccc3c4ccccc4n(-c4ccc(-c5nc(-c6ccccc6)cc(-c6ccccc6)n5)cc4-c4nc(-c5ccccc5)cc(-c5ccccc5)n4)c3c2)c1. The molecule has 302 valence electrons. The molecule has 0 aliphatic heterocycles.